The smallest absolute Gasteiger partial charge is 0.179 e. The molecule has 4 nitrogen and oxygen atoms in total. The maximum atomic E-state index is 12.6. The summed E-state index contributed by atoms with van der Waals surface area (Å²) in [4.78, 5) is 14.8. The van der Waals surface area contributed by atoms with Crippen LogP contribution in [-0.2, 0) is 11.3 Å². The Hall–Kier alpha value is -2.17. The predicted octanol–water partition coefficient (Wildman–Crippen LogP) is 3.17. The lowest BCUT2D eigenvalue weighted by molar-refractivity contribution is 0.0208. The van der Waals surface area contributed by atoms with Gasteiger partial charge in [0.25, 0.3) is 0 Å². The maximum absolute atomic E-state index is 12.6. The van der Waals surface area contributed by atoms with Crippen molar-refractivity contribution < 1.29 is 14.3 Å². The van der Waals surface area contributed by atoms with Gasteiger partial charge in [-0.1, -0.05) is 30.3 Å². The second-order valence-corrected chi connectivity index (χ2v) is 5.99. The maximum Gasteiger partial charge on any atom is 0.179 e. The molecule has 126 valence electrons. The molecule has 0 bridgehead atoms. The second kappa shape index (κ2) is 8.08. The van der Waals surface area contributed by atoms with Crippen molar-refractivity contribution in [2.45, 2.75) is 19.6 Å². The summed E-state index contributed by atoms with van der Waals surface area (Å²) in [7, 11) is 0. The van der Waals surface area contributed by atoms with E-state index >= 15 is 0 Å². The zero-order chi connectivity index (χ0) is 16.8. The molecule has 0 radical (unpaired) electrons. The minimum atomic E-state index is -0.120. The van der Waals surface area contributed by atoms with Crippen LogP contribution in [0.1, 0.15) is 22.8 Å². The zero-order valence-electron chi connectivity index (χ0n) is 14.0. The number of hydrogen-bond donors (Lipinski definition) is 0. The van der Waals surface area contributed by atoms with Gasteiger partial charge in [0.2, 0.25) is 0 Å². The van der Waals surface area contributed by atoms with Crippen molar-refractivity contribution in [2.75, 3.05) is 26.3 Å². The van der Waals surface area contributed by atoms with Crippen molar-refractivity contribution in [2.24, 2.45) is 0 Å². The van der Waals surface area contributed by atoms with E-state index in [4.69, 9.17) is 9.47 Å². The molecular formula is C20H23NO3. The number of carbonyl (C=O) groups is 1. The van der Waals surface area contributed by atoms with Gasteiger partial charge in [0, 0.05) is 18.7 Å². The minimum absolute atomic E-state index is 0.120. The van der Waals surface area contributed by atoms with Crippen LogP contribution >= 0.6 is 0 Å². The van der Waals surface area contributed by atoms with E-state index in [0.29, 0.717) is 19.8 Å². The lowest BCUT2D eigenvalue weighted by Crippen LogP contribution is -2.45. The van der Waals surface area contributed by atoms with Crippen LogP contribution in [0, 0.1) is 0 Å². The number of rotatable bonds is 6. The van der Waals surface area contributed by atoms with Crippen LogP contribution in [0.25, 0.3) is 0 Å². The van der Waals surface area contributed by atoms with Gasteiger partial charge >= 0.3 is 0 Å². The number of ether oxygens (including phenoxy) is 2. The number of benzene rings is 2. The first-order chi connectivity index (χ1) is 11.7. The van der Waals surface area contributed by atoms with E-state index in [1.54, 1.807) is 0 Å². The SMILES string of the molecule is CC(C(=O)c1ccc(OCc2ccccc2)cc1)N1CCOCC1. The average Bonchev–Trinajstić information content (AvgIpc) is 2.67. The van der Waals surface area contributed by atoms with Gasteiger partial charge in [-0.25, -0.2) is 0 Å². The quantitative estimate of drug-likeness (QED) is 0.765. The van der Waals surface area contributed by atoms with Crippen molar-refractivity contribution >= 4 is 5.78 Å². The second-order valence-electron chi connectivity index (χ2n) is 5.99. The highest BCUT2D eigenvalue weighted by molar-refractivity contribution is 5.99. The van der Waals surface area contributed by atoms with Gasteiger partial charge in [-0.3, -0.25) is 9.69 Å². The number of morpholine rings is 1. The van der Waals surface area contributed by atoms with E-state index in [9.17, 15) is 4.79 Å². The fourth-order valence-corrected chi connectivity index (χ4v) is 2.83. The van der Waals surface area contributed by atoms with Crippen LogP contribution in [0.3, 0.4) is 0 Å². The lowest BCUT2D eigenvalue weighted by atomic mass is 10.0. The first kappa shape index (κ1) is 16.7. The molecule has 4 heteroatoms. The molecule has 1 unspecified atom stereocenters. The topological polar surface area (TPSA) is 38.8 Å². The highest BCUT2D eigenvalue weighted by Gasteiger charge is 2.23. The van der Waals surface area contributed by atoms with Crippen LogP contribution in [0.5, 0.6) is 5.75 Å². The van der Waals surface area contributed by atoms with E-state index in [-0.39, 0.29) is 11.8 Å². The summed E-state index contributed by atoms with van der Waals surface area (Å²) < 4.78 is 11.1. The normalized spacial score (nSPS) is 16.5. The fourth-order valence-electron chi connectivity index (χ4n) is 2.83. The molecule has 0 aliphatic carbocycles. The Morgan fingerprint density at radius 1 is 1.08 bits per heavy atom. The molecule has 0 amide bonds. The van der Waals surface area contributed by atoms with E-state index in [2.05, 4.69) is 4.90 Å². The van der Waals surface area contributed by atoms with Crippen molar-refractivity contribution in [1.82, 2.24) is 4.90 Å². The number of carbonyl (C=O) groups excluding carboxylic acids is 1. The number of Topliss-reactive ketones (excluding diaryl/α,β-unsaturated/α-hetero) is 1. The molecule has 0 spiro atoms. The van der Waals surface area contributed by atoms with E-state index < -0.39 is 0 Å². The van der Waals surface area contributed by atoms with Gasteiger partial charge in [-0.05, 0) is 36.8 Å². The van der Waals surface area contributed by atoms with Crippen LogP contribution in [0.2, 0.25) is 0 Å². The third-order valence-corrected chi connectivity index (χ3v) is 4.36. The Morgan fingerprint density at radius 3 is 2.42 bits per heavy atom. The third-order valence-electron chi connectivity index (χ3n) is 4.36. The largest absolute Gasteiger partial charge is 0.489 e. The molecule has 1 aliphatic rings. The standard InChI is InChI=1S/C20H23NO3/c1-16(21-11-13-23-14-12-21)20(22)18-7-9-19(10-8-18)24-15-17-5-3-2-4-6-17/h2-10,16H,11-15H2,1H3. The molecule has 1 fully saturated rings. The zero-order valence-corrected chi connectivity index (χ0v) is 14.0. The van der Waals surface area contributed by atoms with Gasteiger partial charge in [0.15, 0.2) is 5.78 Å². The van der Waals surface area contributed by atoms with Crippen LogP contribution in [0.4, 0.5) is 0 Å². The third kappa shape index (κ3) is 4.22. The molecule has 2 aromatic rings. The van der Waals surface area contributed by atoms with Gasteiger partial charge in [0.1, 0.15) is 12.4 Å². The van der Waals surface area contributed by atoms with Gasteiger partial charge in [0.05, 0.1) is 19.3 Å². The van der Waals surface area contributed by atoms with Crippen molar-refractivity contribution in [1.29, 1.82) is 0 Å². The average molecular weight is 325 g/mol. The summed E-state index contributed by atoms with van der Waals surface area (Å²) in [6, 6.07) is 17.3. The number of hydrogen-bond acceptors (Lipinski definition) is 4. The monoisotopic (exact) mass is 325 g/mol. The molecule has 1 heterocycles. The highest BCUT2D eigenvalue weighted by atomic mass is 16.5. The Balaban J connectivity index is 1.58. The summed E-state index contributed by atoms with van der Waals surface area (Å²) in [6.07, 6.45) is 0. The van der Waals surface area contributed by atoms with E-state index in [1.807, 2.05) is 61.5 Å². The summed E-state index contributed by atoms with van der Waals surface area (Å²) in [5, 5.41) is 0. The number of nitrogens with zero attached hydrogens (tertiary/aromatic N) is 1. The molecule has 1 saturated heterocycles. The van der Waals surface area contributed by atoms with Crippen LogP contribution < -0.4 is 4.74 Å². The van der Waals surface area contributed by atoms with Crippen LogP contribution in [0.15, 0.2) is 54.6 Å². The molecule has 3 rings (SSSR count). The first-order valence-corrected chi connectivity index (χ1v) is 8.37. The van der Waals surface area contributed by atoms with E-state index in [0.717, 1.165) is 30.0 Å². The summed E-state index contributed by atoms with van der Waals surface area (Å²) in [5.74, 6) is 0.918. The lowest BCUT2D eigenvalue weighted by Gasteiger charge is -2.31. The summed E-state index contributed by atoms with van der Waals surface area (Å²) >= 11 is 0. The van der Waals surface area contributed by atoms with Crippen molar-refractivity contribution in [3.05, 3.63) is 65.7 Å². The molecular weight excluding hydrogens is 302 g/mol. The van der Waals surface area contributed by atoms with Gasteiger partial charge in [-0.2, -0.15) is 0 Å². The predicted molar refractivity (Wildman–Crippen MR) is 93.4 cm³/mol. The van der Waals surface area contributed by atoms with E-state index in [1.165, 1.54) is 0 Å². The van der Waals surface area contributed by atoms with Crippen molar-refractivity contribution in [3.63, 3.8) is 0 Å². The Labute approximate surface area is 143 Å². The van der Waals surface area contributed by atoms with Crippen molar-refractivity contribution in [3.8, 4) is 5.75 Å². The minimum Gasteiger partial charge on any atom is -0.489 e. The summed E-state index contributed by atoms with van der Waals surface area (Å²) in [5.41, 5.74) is 1.85. The molecule has 1 aliphatic heterocycles. The molecule has 24 heavy (non-hydrogen) atoms. The fraction of sp³-hybridized carbons (Fsp3) is 0.350. The molecule has 2 aromatic carbocycles. The summed E-state index contributed by atoms with van der Waals surface area (Å²) in [6.45, 7) is 5.51. The number of ketones is 1. The Morgan fingerprint density at radius 2 is 1.75 bits per heavy atom. The molecule has 0 saturated carbocycles. The van der Waals surface area contributed by atoms with Crippen LogP contribution in [-0.4, -0.2) is 43.0 Å². The Bertz CT molecular complexity index is 648. The first-order valence-electron chi connectivity index (χ1n) is 8.37. The Kier molecular flexibility index (Phi) is 5.62. The van der Waals surface area contributed by atoms with Gasteiger partial charge in [-0.15, -0.1) is 0 Å². The van der Waals surface area contributed by atoms with Gasteiger partial charge < -0.3 is 9.47 Å². The highest BCUT2D eigenvalue weighted by Crippen LogP contribution is 2.17. The molecule has 0 N–H and O–H groups in total. The molecule has 0 aromatic heterocycles. The molecule has 1 atom stereocenters.